The molecular formula is C12H15NO2. The van der Waals surface area contributed by atoms with Gasteiger partial charge in [0.1, 0.15) is 5.75 Å². The summed E-state index contributed by atoms with van der Waals surface area (Å²) >= 11 is 0. The number of benzene rings is 1. The van der Waals surface area contributed by atoms with Gasteiger partial charge in [-0.15, -0.1) is 0 Å². The van der Waals surface area contributed by atoms with Crippen LogP contribution < -0.4 is 5.73 Å². The molecule has 0 saturated carbocycles. The smallest absolute Gasteiger partial charge is 0.115 e. The van der Waals surface area contributed by atoms with Gasteiger partial charge in [0.15, 0.2) is 0 Å². The van der Waals surface area contributed by atoms with Gasteiger partial charge in [0.25, 0.3) is 0 Å². The Hall–Kier alpha value is -1.06. The predicted molar refractivity (Wildman–Crippen MR) is 56.7 cm³/mol. The second-order valence-electron chi connectivity index (χ2n) is 4.49. The minimum atomic E-state index is 0.119. The van der Waals surface area contributed by atoms with Crippen LogP contribution >= 0.6 is 0 Å². The Kier molecular flexibility index (Phi) is 1.97. The Bertz CT molecular complexity index is 360. The van der Waals surface area contributed by atoms with Crippen LogP contribution in [-0.2, 0) is 4.74 Å². The summed E-state index contributed by atoms with van der Waals surface area (Å²) in [5.74, 6) is 0.612. The highest BCUT2D eigenvalue weighted by Gasteiger charge is 2.47. The van der Waals surface area contributed by atoms with Crippen molar-refractivity contribution < 1.29 is 9.84 Å². The summed E-state index contributed by atoms with van der Waals surface area (Å²) in [5.41, 5.74) is 7.33. The largest absolute Gasteiger partial charge is 0.508 e. The van der Waals surface area contributed by atoms with Crippen LogP contribution in [-0.4, -0.2) is 23.4 Å². The van der Waals surface area contributed by atoms with Crippen molar-refractivity contribution in [2.75, 3.05) is 0 Å². The Labute approximate surface area is 88.9 Å². The molecule has 3 rings (SSSR count). The number of phenols is 1. The zero-order valence-corrected chi connectivity index (χ0v) is 8.47. The van der Waals surface area contributed by atoms with Crippen LogP contribution in [0.4, 0.5) is 0 Å². The lowest BCUT2D eigenvalue weighted by Crippen LogP contribution is -2.38. The van der Waals surface area contributed by atoms with Crippen LogP contribution in [0.3, 0.4) is 0 Å². The SMILES string of the molecule is NC1C2CCC(O2)C1c1ccc(O)cc1. The maximum absolute atomic E-state index is 9.23. The summed E-state index contributed by atoms with van der Waals surface area (Å²) in [4.78, 5) is 0. The molecule has 15 heavy (non-hydrogen) atoms. The van der Waals surface area contributed by atoms with E-state index in [1.807, 2.05) is 12.1 Å². The first-order valence-corrected chi connectivity index (χ1v) is 5.45. The molecule has 0 aromatic heterocycles. The molecule has 1 aromatic carbocycles. The molecule has 2 fully saturated rings. The van der Waals surface area contributed by atoms with E-state index in [2.05, 4.69) is 0 Å². The van der Waals surface area contributed by atoms with Crippen LogP contribution in [0, 0.1) is 0 Å². The molecule has 2 bridgehead atoms. The van der Waals surface area contributed by atoms with Crippen molar-refractivity contribution in [1.29, 1.82) is 0 Å². The standard InChI is InChI=1S/C12H15NO2/c13-12-10-6-5-9(15-10)11(12)7-1-3-8(14)4-2-7/h1-4,9-12,14H,5-6,13H2. The fraction of sp³-hybridized carbons (Fsp3) is 0.500. The van der Waals surface area contributed by atoms with Crippen LogP contribution in [0.25, 0.3) is 0 Å². The highest BCUT2D eigenvalue weighted by Crippen LogP contribution is 2.43. The maximum atomic E-state index is 9.23. The van der Waals surface area contributed by atoms with E-state index >= 15 is 0 Å². The van der Waals surface area contributed by atoms with Crippen molar-refractivity contribution in [3.8, 4) is 5.75 Å². The van der Waals surface area contributed by atoms with E-state index in [9.17, 15) is 5.11 Å². The van der Waals surface area contributed by atoms with Gasteiger partial charge in [-0.05, 0) is 30.5 Å². The molecule has 0 aliphatic carbocycles. The normalized spacial score (nSPS) is 38.5. The van der Waals surface area contributed by atoms with Gasteiger partial charge in [-0.2, -0.15) is 0 Å². The summed E-state index contributed by atoms with van der Waals surface area (Å²) in [7, 11) is 0. The lowest BCUT2D eigenvalue weighted by atomic mass is 9.80. The molecular weight excluding hydrogens is 190 g/mol. The van der Waals surface area contributed by atoms with Gasteiger partial charge in [0.2, 0.25) is 0 Å². The van der Waals surface area contributed by atoms with E-state index in [4.69, 9.17) is 10.5 Å². The van der Waals surface area contributed by atoms with Crippen LogP contribution in [0.15, 0.2) is 24.3 Å². The zero-order valence-electron chi connectivity index (χ0n) is 8.47. The van der Waals surface area contributed by atoms with E-state index in [-0.39, 0.29) is 18.2 Å². The number of hydrogen-bond donors (Lipinski definition) is 2. The Morgan fingerprint density at radius 2 is 1.80 bits per heavy atom. The average molecular weight is 205 g/mol. The lowest BCUT2D eigenvalue weighted by molar-refractivity contribution is 0.0976. The molecule has 2 aliphatic heterocycles. The molecule has 80 valence electrons. The second-order valence-corrected chi connectivity index (χ2v) is 4.49. The predicted octanol–water partition coefficient (Wildman–Crippen LogP) is 1.36. The van der Waals surface area contributed by atoms with Crippen molar-refractivity contribution >= 4 is 0 Å². The zero-order chi connectivity index (χ0) is 10.4. The molecule has 2 saturated heterocycles. The van der Waals surface area contributed by atoms with Crippen LogP contribution in [0.2, 0.25) is 0 Å². The quantitative estimate of drug-likeness (QED) is 0.728. The van der Waals surface area contributed by atoms with Crippen molar-refractivity contribution in [1.82, 2.24) is 0 Å². The molecule has 0 radical (unpaired) electrons. The highest BCUT2D eigenvalue weighted by molar-refractivity contribution is 5.32. The van der Waals surface area contributed by atoms with Gasteiger partial charge in [0.05, 0.1) is 12.2 Å². The monoisotopic (exact) mass is 205 g/mol. The Morgan fingerprint density at radius 3 is 2.40 bits per heavy atom. The first kappa shape index (κ1) is 9.19. The second kappa shape index (κ2) is 3.22. The molecule has 2 aliphatic rings. The summed E-state index contributed by atoms with van der Waals surface area (Å²) < 4.78 is 5.79. The number of phenolic OH excluding ortho intramolecular Hbond substituents is 1. The molecule has 3 heteroatoms. The van der Waals surface area contributed by atoms with Gasteiger partial charge >= 0.3 is 0 Å². The minimum absolute atomic E-state index is 0.119. The number of hydrogen-bond acceptors (Lipinski definition) is 3. The third kappa shape index (κ3) is 1.34. The van der Waals surface area contributed by atoms with Gasteiger partial charge < -0.3 is 15.6 Å². The molecule has 4 unspecified atom stereocenters. The van der Waals surface area contributed by atoms with Gasteiger partial charge in [0, 0.05) is 12.0 Å². The van der Waals surface area contributed by atoms with Gasteiger partial charge in [-0.25, -0.2) is 0 Å². The van der Waals surface area contributed by atoms with Crippen molar-refractivity contribution in [3.05, 3.63) is 29.8 Å². The van der Waals surface area contributed by atoms with Crippen molar-refractivity contribution in [3.63, 3.8) is 0 Å². The molecule has 1 aromatic rings. The van der Waals surface area contributed by atoms with E-state index in [1.54, 1.807) is 12.1 Å². The van der Waals surface area contributed by atoms with Crippen LogP contribution in [0.5, 0.6) is 5.75 Å². The van der Waals surface area contributed by atoms with Gasteiger partial charge in [-0.1, -0.05) is 12.1 Å². The molecule has 2 heterocycles. The van der Waals surface area contributed by atoms with Crippen LogP contribution in [0.1, 0.15) is 24.3 Å². The van der Waals surface area contributed by atoms with Crippen molar-refractivity contribution in [2.24, 2.45) is 5.73 Å². The summed E-state index contributed by atoms with van der Waals surface area (Å²) in [6, 6.07) is 7.45. The maximum Gasteiger partial charge on any atom is 0.115 e. The summed E-state index contributed by atoms with van der Waals surface area (Å²) in [5, 5.41) is 9.23. The molecule has 3 N–H and O–H groups in total. The highest BCUT2D eigenvalue weighted by atomic mass is 16.5. The molecule has 4 atom stereocenters. The first-order valence-electron chi connectivity index (χ1n) is 5.45. The summed E-state index contributed by atoms with van der Waals surface area (Å²) in [6.07, 6.45) is 2.74. The average Bonchev–Trinajstić information content (AvgIpc) is 2.80. The molecule has 3 nitrogen and oxygen atoms in total. The fourth-order valence-electron chi connectivity index (χ4n) is 2.85. The first-order chi connectivity index (χ1) is 7.25. The van der Waals surface area contributed by atoms with E-state index in [1.165, 1.54) is 5.56 Å². The third-order valence-corrected chi connectivity index (χ3v) is 3.61. The van der Waals surface area contributed by atoms with Gasteiger partial charge in [-0.3, -0.25) is 0 Å². The third-order valence-electron chi connectivity index (χ3n) is 3.61. The molecule has 0 spiro atoms. The van der Waals surface area contributed by atoms with E-state index < -0.39 is 0 Å². The number of rotatable bonds is 1. The Balaban J connectivity index is 1.91. The van der Waals surface area contributed by atoms with Crippen molar-refractivity contribution in [2.45, 2.75) is 37.0 Å². The molecule has 0 amide bonds. The van der Waals surface area contributed by atoms with E-state index in [0.717, 1.165) is 12.8 Å². The summed E-state index contributed by atoms with van der Waals surface area (Å²) in [6.45, 7) is 0. The minimum Gasteiger partial charge on any atom is -0.508 e. The number of fused-ring (bicyclic) bond motifs is 2. The fourth-order valence-corrected chi connectivity index (χ4v) is 2.85. The van der Waals surface area contributed by atoms with E-state index in [0.29, 0.717) is 11.7 Å². The Morgan fingerprint density at radius 1 is 1.13 bits per heavy atom. The number of nitrogens with two attached hydrogens (primary N) is 1. The topological polar surface area (TPSA) is 55.5 Å². The lowest BCUT2D eigenvalue weighted by Gasteiger charge is -2.25. The number of ether oxygens (including phenoxy) is 1. The number of aromatic hydroxyl groups is 1.